The number of carbonyl (C=O) groups is 2. The van der Waals surface area contributed by atoms with Gasteiger partial charge in [-0.1, -0.05) is 43.3 Å². The lowest BCUT2D eigenvalue weighted by molar-refractivity contribution is -0.117. The van der Waals surface area contributed by atoms with Gasteiger partial charge in [-0.3, -0.25) is 9.59 Å². The molecule has 1 heterocycles. The van der Waals surface area contributed by atoms with Gasteiger partial charge in [-0.25, -0.2) is 0 Å². The molecule has 5 nitrogen and oxygen atoms in total. The number of aliphatic hydroxyl groups excluding tert-OH is 1. The third-order valence-corrected chi connectivity index (χ3v) is 5.32. The molecule has 1 saturated heterocycles. The van der Waals surface area contributed by atoms with Crippen LogP contribution in [0.25, 0.3) is 12.2 Å². The second-order valence-corrected chi connectivity index (χ2v) is 7.29. The van der Waals surface area contributed by atoms with E-state index in [1.807, 2.05) is 48.5 Å². The van der Waals surface area contributed by atoms with Crippen LogP contribution in [0.1, 0.15) is 28.4 Å². The maximum atomic E-state index is 12.5. The summed E-state index contributed by atoms with van der Waals surface area (Å²) in [5, 5.41) is 8.73. The molecule has 0 aromatic heterocycles. The van der Waals surface area contributed by atoms with Crippen LogP contribution in [-0.4, -0.2) is 60.9 Å². The molecule has 2 aromatic carbocycles. The molecule has 0 bridgehead atoms. The molecule has 0 unspecified atom stereocenters. The van der Waals surface area contributed by atoms with Crippen molar-refractivity contribution in [3.8, 4) is 0 Å². The largest absolute Gasteiger partial charge is 0.388 e. The molecule has 2 aromatic rings. The molecule has 1 N–H and O–H groups in total. The Hall–Kier alpha value is -3.02. The van der Waals surface area contributed by atoms with Crippen LogP contribution in [0.4, 0.5) is 5.69 Å². The predicted octanol–water partition coefficient (Wildman–Crippen LogP) is 3.30. The van der Waals surface area contributed by atoms with Crippen LogP contribution >= 0.6 is 0 Å². The van der Waals surface area contributed by atoms with Gasteiger partial charge in [-0.2, -0.15) is 0 Å². The summed E-state index contributed by atoms with van der Waals surface area (Å²) in [5.41, 5.74) is 3.59. The summed E-state index contributed by atoms with van der Waals surface area (Å²) in [6, 6.07) is 15.3. The molecule has 0 saturated carbocycles. The molecule has 5 heteroatoms. The summed E-state index contributed by atoms with van der Waals surface area (Å²) in [4.78, 5) is 28.4. The summed E-state index contributed by atoms with van der Waals surface area (Å²) in [7, 11) is 0. The minimum atomic E-state index is -0.490. The van der Waals surface area contributed by atoms with Gasteiger partial charge in [-0.15, -0.1) is 0 Å². The standard InChI is InChI=1S/C25H28N2O3/c1-2-26-15-17-27(18-16-26)23-11-9-22(10-12-23)25(30)14-8-21-5-3-20(4-6-21)7-13-24(29)19-28/h3-14,28H,2,15-19H2,1H3/b13-7+,14-8+. The Morgan fingerprint density at radius 2 is 1.43 bits per heavy atom. The van der Waals surface area contributed by atoms with Gasteiger partial charge in [0.1, 0.15) is 6.61 Å². The SMILES string of the molecule is CCN1CCN(c2ccc(C(=O)/C=C/c3ccc(/C=C/C(=O)CO)cc3)cc2)CC1. The number of hydrogen-bond acceptors (Lipinski definition) is 5. The van der Waals surface area contributed by atoms with Crippen molar-refractivity contribution >= 4 is 29.4 Å². The van der Waals surface area contributed by atoms with E-state index in [-0.39, 0.29) is 11.6 Å². The summed E-state index contributed by atoms with van der Waals surface area (Å²) in [6.45, 7) is 6.97. The maximum absolute atomic E-state index is 12.5. The Morgan fingerprint density at radius 1 is 0.867 bits per heavy atom. The normalized spacial score (nSPS) is 15.2. The number of nitrogens with zero attached hydrogens (tertiary/aromatic N) is 2. The molecular weight excluding hydrogens is 376 g/mol. The van der Waals surface area contributed by atoms with Gasteiger partial charge in [0.25, 0.3) is 0 Å². The molecule has 156 valence electrons. The molecule has 0 spiro atoms. The lowest BCUT2D eigenvalue weighted by Crippen LogP contribution is -2.46. The van der Waals surface area contributed by atoms with Crippen LogP contribution < -0.4 is 4.90 Å². The first kappa shape index (κ1) is 21.7. The first-order valence-electron chi connectivity index (χ1n) is 10.3. The van der Waals surface area contributed by atoms with Crippen LogP contribution in [-0.2, 0) is 4.79 Å². The van der Waals surface area contributed by atoms with Gasteiger partial charge in [0, 0.05) is 37.4 Å². The minimum absolute atomic E-state index is 0.0325. The van der Waals surface area contributed by atoms with Gasteiger partial charge in [0.15, 0.2) is 11.6 Å². The number of carbonyl (C=O) groups excluding carboxylic acids is 2. The highest BCUT2D eigenvalue weighted by atomic mass is 16.3. The predicted molar refractivity (Wildman–Crippen MR) is 122 cm³/mol. The van der Waals surface area contributed by atoms with E-state index >= 15 is 0 Å². The summed E-state index contributed by atoms with van der Waals surface area (Å²) in [5.74, 6) is -0.367. The number of aliphatic hydroxyl groups is 1. The molecule has 30 heavy (non-hydrogen) atoms. The Bertz CT molecular complexity index is 906. The van der Waals surface area contributed by atoms with E-state index in [2.05, 4.69) is 16.7 Å². The third kappa shape index (κ3) is 5.99. The minimum Gasteiger partial charge on any atom is -0.388 e. The van der Waals surface area contributed by atoms with Crippen molar-refractivity contribution in [3.63, 3.8) is 0 Å². The van der Waals surface area contributed by atoms with Gasteiger partial charge in [-0.05, 0) is 54.1 Å². The van der Waals surface area contributed by atoms with Gasteiger partial charge in [0.2, 0.25) is 0 Å². The van der Waals surface area contributed by atoms with Crippen molar-refractivity contribution in [1.82, 2.24) is 4.90 Å². The zero-order chi connectivity index (χ0) is 21.3. The molecule has 1 aliphatic heterocycles. The third-order valence-electron chi connectivity index (χ3n) is 5.32. The lowest BCUT2D eigenvalue weighted by Gasteiger charge is -2.35. The van der Waals surface area contributed by atoms with Crippen LogP contribution in [0, 0.1) is 0 Å². The lowest BCUT2D eigenvalue weighted by atomic mass is 10.1. The van der Waals surface area contributed by atoms with E-state index in [0.29, 0.717) is 5.56 Å². The molecule has 0 amide bonds. The summed E-state index contributed by atoms with van der Waals surface area (Å²) < 4.78 is 0. The fourth-order valence-corrected chi connectivity index (χ4v) is 3.39. The number of allylic oxidation sites excluding steroid dienone is 1. The van der Waals surface area contributed by atoms with Crippen LogP contribution in [0.3, 0.4) is 0 Å². The number of ketones is 2. The van der Waals surface area contributed by atoms with Crippen molar-refractivity contribution < 1.29 is 14.7 Å². The first-order chi connectivity index (χ1) is 14.6. The number of piperazine rings is 1. The van der Waals surface area contributed by atoms with E-state index in [4.69, 9.17) is 5.11 Å². The molecule has 1 aliphatic rings. The topological polar surface area (TPSA) is 60.9 Å². The van der Waals surface area contributed by atoms with Crippen molar-refractivity contribution in [2.24, 2.45) is 0 Å². The zero-order valence-electron chi connectivity index (χ0n) is 17.3. The van der Waals surface area contributed by atoms with E-state index in [0.717, 1.165) is 49.5 Å². The first-order valence-corrected chi connectivity index (χ1v) is 10.3. The second kappa shape index (κ2) is 10.7. The molecule has 0 atom stereocenters. The van der Waals surface area contributed by atoms with Crippen molar-refractivity contribution in [3.05, 3.63) is 77.4 Å². The quantitative estimate of drug-likeness (QED) is 0.540. The highest BCUT2D eigenvalue weighted by molar-refractivity contribution is 6.07. The number of rotatable bonds is 8. The number of hydrogen-bond donors (Lipinski definition) is 1. The van der Waals surface area contributed by atoms with E-state index in [9.17, 15) is 9.59 Å². The van der Waals surface area contributed by atoms with Crippen molar-refractivity contribution in [2.75, 3.05) is 44.2 Å². The van der Waals surface area contributed by atoms with Gasteiger partial charge in [0.05, 0.1) is 0 Å². The number of likely N-dealkylation sites (N-methyl/N-ethyl adjacent to an activating group) is 1. The summed E-state index contributed by atoms with van der Waals surface area (Å²) >= 11 is 0. The average molecular weight is 405 g/mol. The Balaban J connectivity index is 1.57. The van der Waals surface area contributed by atoms with E-state index in [1.165, 1.54) is 6.08 Å². The van der Waals surface area contributed by atoms with Crippen molar-refractivity contribution in [2.45, 2.75) is 6.92 Å². The zero-order valence-corrected chi connectivity index (χ0v) is 17.3. The average Bonchev–Trinajstić information content (AvgIpc) is 2.81. The fourth-order valence-electron chi connectivity index (χ4n) is 3.39. The highest BCUT2D eigenvalue weighted by Gasteiger charge is 2.15. The van der Waals surface area contributed by atoms with Gasteiger partial charge >= 0.3 is 0 Å². The Labute approximate surface area is 177 Å². The van der Waals surface area contributed by atoms with E-state index in [1.54, 1.807) is 18.2 Å². The Morgan fingerprint density at radius 3 is 1.97 bits per heavy atom. The number of benzene rings is 2. The van der Waals surface area contributed by atoms with Crippen LogP contribution in [0.2, 0.25) is 0 Å². The van der Waals surface area contributed by atoms with Crippen LogP contribution in [0.5, 0.6) is 0 Å². The fraction of sp³-hybridized carbons (Fsp3) is 0.280. The highest BCUT2D eigenvalue weighted by Crippen LogP contribution is 2.18. The van der Waals surface area contributed by atoms with Crippen LogP contribution in [0.15, 0.2) is 60.7 Å². The molecule has 0 aliphatic carbocycles. The molecule has 1 fully saturated rings. The molecule has 0 radical (unpaired) electrons. The van der Waals surface area contributed by atoms with E-state index < -0.39 is 6.61 Å². The van der Waals surface area contributed by atoms with Crippen molar-refractivity contribution in [1.29, 1.82) is 0 Å². The Kier molecular flexibility index (Phi) is 7.71. The summed E-state index contributed by atoms with van der Waals surface area (Å²) in [6.07, 6.45) is 6.37. The smallest absolute Gasteiger partial charge is 0.185 e. The number of anilines is 1. The molecule has 3 rings (SSSR count). The van der Waals surface area contributed by atoms with Gasteiger partial charge < -0.3 is 14.9 Å². The maximum Gasteiger partial charge on any atom is 0.185 e. The second-order valence-electron chi connectivity index (χ2n) is 7.29. The molecular formula is C25H28N2O3. The monoisotopic (exact) mass is 404 g/mol.